The third-order valence-electron chi connectivity index (χ3n) is 0.678. The number of halogens is 3. The van der Waals surface area contributed by atoms with E-state index in [2.05, 4.69) is 6.07 Å². The summed E-state index contributed by atoms with van der Waals surface area (Å²) >= 11 is -0.639. The van der Waals surface area contributed by atoms with Gasteiger partial charge in [-0.2, -0.15) is 0 Å². The number of rotatable bonds is 0. The van der Waals surface area contributed by atoms with Crippen molar-refractivity contribution in [2.24, 2.45) is 0 Å². The van der Waals surface area contributed by atoms with Gasteiger partial charge in [-0.05, 0) is 18.2 Å². The lowest BCUT2D eigenvalue weighted by Crippen LogP contribution is -1.64. The summed E-state index contributed by atoms with van der Waals surface area (Å²) in [5.74, 6) is -0.209. The molecule has 0 aliphatic carbocycles. The Morgan fingerprint density at radius 2 is 1.70 bits per heavy atom. The Hall–Kier alpha value is 0.496. The molecule has 0 saturated carbocycles. The predicted molar refractivity (Wildman–Crippen MR) is 42.7 cm³/mol. The second kappa shape index (κ2) is 7.60. The molecule has 0 unspecified atom stereocenters. The Morgan fingerprint density at radius 3 is 1.90 bits per heavy atom. The van der Waals surface area contributed by atoms with Crippen molar-refractivity contribution in [2.75, 3.05) is 0 Å². The van der Waals surface area contributed by atoms with Crippen LogP contribution in [0.25, 0.3) is 0 Å². The van der Waals surface area contributed by atoms with Crippen molar-refractivity contribution in [3.63, 3.8) is 0 Å². The third-order valence-corrected chi connectivity index (χ3v) is 0.678. The van der Waals surface area contributed by atoms with Crippen molar-refractivity contribution in [3.8, 4) is 0 Å². The van der Waals surface area contributed by atoms with Gasteiger partial charge < -0.3 is 18.1 Å². The molecule has 0 nitrogen and oxygen atoms in total. The molecule has 0 amide bonds. The first-order valence-corrected chi connectivity index (χ1v) is 6.82. The van der Waals surface area contributed by atoms with Gasteiger partial charge in [0.25, 0.3) is 0 Å². The molecule has 0 aromatic heterocycles. The molecular weight excluding hydrogens is 186 g/mol. The van der Waals surface area contributed by atoms with Crippen LogP contribution in [0, 0.1) is 11.9 Å². The van der Waals surface area contributed by atoms with Crippen molar-refractivity contribution >= 4 is 36.3 Å². The van der Waals surface area contributed by atoms with Gasteiger partial charge in [0, 0.05) is 0 Å². The van der Waals surface area contributed by atoms with Crippen LogP contribution in [0.2, 0.25) is 0 Å². The lowest BCUT2D eigenvalue weighted by atomic mass is 10.4. The van der Waals surface area contributed by atoms with Gasteiger partial charge in [-0.15, -0.1) is 0 Å². The molecule has 10 heavy (non-hydrogen) atoms. The van der Waals surface area contributed by atoms with E-state index in [0.29, 0.717) is 0 Å². The van der Waals surface area contributed by atoms with Crippen molar-refractivity contribution in [1.29, 1.82) is 0 Å². The average molecular weight is 190 g/mol. The van der Waals surface area contributed by atoms with Gasteiger partial charge in [-0.25, -0.2) is 4.39 Å². The molecule has 0 spiro atoms. The number of hydrogen-bond acceptors (Lipinski definition) is 0. The molecule has 0 aliphatic rings. The number of hydrogen-bond donors (Lipinski definition) is 0. The Labute approximate surface area is 76.6 Å². The normalized spacial score (nSPS) is 7.10. The fourth-order valence-electron chi connectivity index (χ4n) is 0.367. The van der Waals surface area contributed by atoms with Crippen LogP contribution >= 0.6 is 18.1 Å². The van der Waals surface area contributed by atoms with Crippen molar-refractivity contribution < 1.29 is 4.39 Å². The molecule has 1 aromatic rings. The highest BCUT2D eigenvalue weighted by atomic mass is 35.6. The van der Waals surface area contributed by atoms with Crippen LogP contribution in [0.3, 0.4) is 0 Å². The molecule has 0 bridgehead atoms. The molecule has 1 radical (unpaired) electrons. The zero-order valence-electron chi connectivity index (χ0n) is 5.15. The summed E-state index contributed by atoms with van der Waals surface area (Å²) in [5.41, 5.74) is 0. The largest absolute Gasteiger partial charge is 0.618 e. The van der Waals surface area contributed by atoms with Crippen molar-refractivity contribution in [2.45, 2.75) is 0 Å². The second-order valence-electron chi connectivity index (χ2n) is 1.32. The van der Waals surface area contributed by atoms with E-state index in [1.54, 1.807) is 0 Å². The molecule has 0 heterocycles. The Morgan fingerprint density at radius 1 is 1.30 bits per heavy atom. The zero-order chi connectivity index (χ0) is 7.82. The smallest absolute Gasteiger partial charge is 0.309 e. The lowest BCUT2D eigenvalue weighted by molar-refractivity contribution is 0.628. The molecule has 0 N–H and O–H groups in total. The van der Waals surface area contributed by atoms with Gasteiger partial charge in [-0.3, -0.25) is 0 Å². The second-order valence-corrected chi connectivity index (χ2v) is 3.95. The van der Waals surface area contributed by atoms with Gasteiger partial charge >= 0.3 is 18.2 Å². The molecule has 0 atom stereocenters. The maximum atomic E-state index is 11.9. The van der Waals surface area contributed by atoms with Crippen LogP contribution in [0.5, 0.6) is 0 Å². The van der Waals surface area contributed by atoms with Crippen LogP contribution in [-0.4, -0.2) is 18.2 Å². The van der Waals surface area contributed by atoms with Crippen LogP contribution in [0.4, 0.5) is 4.39 Å². The van der Waals surface area contributed by atoms with Gasteiger partial charge in [0.1, 0.15) is 5.82 Å². The standard InChI is InChI=1S/C6H4F.2ClH.Mg/c7-6-4-2-1-3-5-6;;;/h2-5H;2*1H;/q;;;+2/p-2. The van der Waals surface area contributed by atoms with E-state index in [-0.39, 0.29) is 5.82 Å². The predicted octanol–water partition coefficient (Wildman–Crippen LogP) is 2.62. The minimum atomic E-state index is -0.639. The summed E-state index contributed by atoms with van der Waals surface area (Å²) in [6.45, 7) is 0. The minimum absolute atomic E-state index is 0.209. The van der Waals surface area contributed by atoms with Crippen LogP contribution < -0.4 is 0 Å². The Balaban J connectivity index is 0.000000236. The maximum absolute atomic E-state index is 11.9. The van der Waals surface area contributed by atoms with Crippen LogP contribution in [-0.2, 0) is 0 Å². The van der Waals surface area contributed by atoms with Crippen LogP contribution in [0.15, 0.2) is 24.3 Å². The zero-order valence-corrected chi connectivity index (χ0v) is 8.08. The highest BCUT2D eigenvalue weighted by Crippen LogP contribution is 1.91. The lowest BCUT2D eigenvalue weighted by Gasteiger charge is -1.77. The molecule has 51 valence electrons. The number of benzene rings is 1. The SMILES string of the molecule is Fc1cc[c]cc1.[Cl][Mg][Cl]. The first kappa shape index (κ1) is 10.5. The first-order chi connectivity index (χ1) is 4.81. The summed E-state index contributed by atoms with van der Waals surface area (Å²) in [6.07, 6.45) is 0. The summed E-state index contributed by atoms with van der Waals surface area (Å²) in [6, 6.07) is 8.49. The Kier molecular flexibility index (Phi) is 7.98. The average Bonchev–Trinajstić information content (AvgIpc) is 1.91. The third kappa shape index (κ3) is 6.61. The fourth-order valence-corrected chi connectivity index (χ4v) is 0.367. The van der Waals surface area contributed by atoms with Crippen LogP contribution in [0.1, 0.15) is 0 Å². The topological polar surface area (TPSA) is 0 Å². The van der Waals surface area contributed by atoms with Gasteiger partial charge in [0.2, 0.25) is 0 Å². The van der Waals surface area contributed by atoms with E-state index in [0.717, 1.165) is 0 Å². The molecule has 1 rings (SSSR count). The molecule has 1 aromatic carbocycles. The summed E-state index contributed by atoms with van der Waals surface area (Å²) in [7, 11) is 9.81. The van der Waals surface area contributed by atoms with Gasteiger partial charge in [0.05, 0.1) is 0 Å². The highest BCUT2D eigenvalue weighted by molar-refractivity contribution is 7.22. The van der Waals surface area contributed by atoms with E-state index in [4.69, 9.17) is 18.1 Å². The first-order valence-electron chi connectivity index (χ1n) is 2.54. The fraction of sp³-hybridized carbons (Fsp3) is 0. The van der Waals surface area contributed by atoms with Crippen molar-refractivity contribution in [3.05, 3.63) is 36.1 Å². The Bertz CT molecular complexity index is 157. The quantitative estimate of drug-likeness (QED) is 0.552. The minimum Gasteiger partial charge on any atom is -0.309 e. The van der Waals surface area contributed by atoms with E-state index in [1.807, 2.05) is 0 Å². The maximum Gasteiger partial charge on any atom is 0.618 e. The van der Waals surface area contributed by atoms with E-state index in [1.165, 1.54) is 24.3 Å². The molecule has 0 saturated heterocycles. The molecular formula is C6H4Cl2FMg. The summed E-state index contributed by atoms with van der Waals surface area (Å²) in [4.78, 5) is 0. The monoisotopic (exact) mass is 189 g/mol. The summed E-state index contributed by atoms with van der Waals surface area (Å²) < 4.78 is 11.9. The van der Waals surface area contributed by atoms with E-state index >= 15 is 0 Å². The highest BCUT2D eigenvalue weighted by Gasteiger charge is 1.77. The molecule has 0 fully saturated rings. The van der Waals surface area contributed by atoms with E-state index in [9.17, 15) is 4.39 Å². The van der Waals surface area contributed by atoms with Crippen molar-refractivity contribution in [1.82, 2.24) is 0 Å². The van der Waals surface area contributed by atoms with Gasteiger partial charge in [-0.1, -0.05) is 12.1 Å². The molecule has 0 aliphatic heterocycles. The van der Waals surface area contributed by atoms with E-state index < -0.39 is 18.2 Å². The molecule has 4 heteroatoms. The summed E-state index contributed by atoms with van der Waals surface area (Å²) in [5, 5.41) is 0. The van der Waals surface area contributed by atoms with Gasteiger partial charge in [0.15, 0.2) is 0 Å².